The Balaban J connectivity index is 0.777. The summed E-state index contributed by atoms with van der Waals surface area (Å²) in [5.74, 6) is 1.92. The predicted octanol–water partition coefficient (Wildman–Crippen LogP) is 5.69. The number of aromatic nitrogens is 3. The zero-order valence-corrected chi connectivity index (χ0v) is 32.9. The lowest BCUT2D eigenvalue weighted by molar-refractivity contribution is -0.153. The number of halogens is 3. The molecule has 4 bridgehead atoms. The zero-order valence-electron chi connectivity index (χ0n) is 32.1. The van der Waals surface area contributed by atoms with Crippen LogP contribution in [0.15, 0.2) is 24.4 Å². The van der Waals surface area contributed by atoms with Crippen LogP contribution in [0.5, 0.6) is 0 Å². The third-order valence-corrected chi connectivity index (χ3v) is 11.8. The Morgan fingerprint density at radius 1 is 0.929 bits per heavy atom. The predicted molar refractivity (Wildman–Crippen MR) is 200 cm³/mol. The second kappa shape index (κ2) is 18.3. The van der Waals surface area contributed by atoms with Crippen molar-refractivity contribution in [2.45, 2.75) is 90.1 Å². The molecule has 0 spiro atoms. The Kier molecular flexibility index (Phi) is 13.7. The van der Waals surface area contributed by atoms with Gasteiger partial charge in [0.25, 0.3) is 5.91 Å². The lowest BCUT2D eigenvalue weighted by Crippen LogP contribution is -2.47. The summed E-state index contributed by atoms with van der Waals surface area (Å²) in [7, 11) is 0. The van der Waals surface area contributed by atoms with Gasteiger partial charge in [0.2, 0.25) is 0 Å². The molecule has 1 aromatic carbocycles. The number of rotatable bonds is 21. The molecule has 2 aromatic rings. The Bertz CT molecular complexity index is 1710. The fraction of sp³-hybridized carbons (Fsp3) is 0.692. The van der Waals surface area contributed by atoms with E-state index in [4.69, 9.17) is 41.2 Å². The molecule has 1 amide bonds. The van der Waals surface area contributed by atoms with E-state index in [0.29, 0.717) is 77.9 Å². The van der Waals surface area contributed by atoms with Gasteiger partial charge in [-0.1, -0.05) is 5.21 Å². The van der Waals surface area contributed by atoms with Crippen molar-refractivity contribution < 1.29 is 46.4 Å². The van der Waals surface area contributed by atoms with Crippen LogP contribution < -0.4 is 4.90 Å². The van der Waals surface area contributed by atoms with Crippen LogP contribution in [0, 0.1) is 34.5 Å². The van der Waals surface area contributed by atoms with Crippen molar-refractivity contribution in [3.63, 3.8) is 0 Å². The van der Waals surface area contributed by atoms with Crippen LogP contribution in [0.3, 0.4) is 0 Å². The normalized spacial score (nSPS) is 24.0. The van der Waals surface area contributed by atoms with Crippen LogP contribution in [0.4, 0.5) is 18.9 Å². The van der Waals surface area contributed by atoms with Gasteiger partial charge in [-0.2, -0.15) is 18.4 Å². The van der Waals surface area contributed by atoms with Crippen LogP contribution >= 0.6 is 12.2 Å². The Morgan fingerprint density at radius 3 is 2.11 bits per heavy atom. The van der Waals surface area contributed by atoms with E-state index >= 15 is 0 Å². The van der Waals surface area contributed by atoms with Crippen molar-refractivity contribution in [3.8, 4) is 6.07 Å². The monoisotopic (exact) mass is 804 g/mol. The van der Waals surface area contributed by atoms with Crippen molar-refractivity contribution >= 4 is 34.9 Å². The molecule has 13 nitrogen and oxygen atoms in total. The highest BCUT2D eigenvalue weighted by atomic mass is 32.1. The smallest absolute Gasteiger partial charge is 0.417 e. The number of alkyl halides is 3. The summed E-state index contributed by atoms with van der Waals surface area (Å²) in [6.45, 7) is 7.37. The average molecular weight is 805 g/mol. The minimum absolute atomic E-state index is 0.0448. The third kappa shape index (κ3) is 10.2. The first-order chi connectivity index (χ1) is 26.8. The van der Waals surface area contributed by atoms with Crippen molar-refractivity contribution in [1.29, 1.82) is 5.26 Å². The first-order valence-corrected chi connectivity index (χ1v) is 19.8. The number of hydrogen-bond acceptors (Lipinski definition) is 11. The number of amides is 1. The maximum Gasteiger partial charge on any atom is 0.417 e. The van der Waals surface area contributed by atoms with E-state index in [1.807, 2.05) is 0 Å². The molecule has 0 atom stereocenters. The van der Waals surface area contributed by atoms with Crippen molar-refractivity contribution in [2.75, 3.05) is 64.3 Å². The fourth-order valence-corrected chi connectivity index (χ4v) is 9.77. The van der Waals surface area contributed by atoms with Crippen LogP contribution in [-0.2, 0) is 52.6 Å². The number of esters is 1. The standard InChI is InChI=1S/C39H51F3N6O7S/c1-37(2)35(50)48(32-5-4-30(24-43)33(19-32)39(40,41)42)36(56)47(37)7-3-6-46-25-31(44-45-46)26-54-13-12-52-9-8-51-10-11-53-14-15-55-34(49)23-38-20-27-16-28(21-38)18-29(17-27)22-38/h4-5,19,25,27-29H,3,6-18,20-23,26H2,1-2H3. The Morgan fingerprint density at radius 2 is 1.52 bits per heavy atom. The lowest BCUT2D eigenvalue weighted by atomic mass is 9.49. The number of carbonyl (C=O) groups is 2. The quantitative estimate of drug-likeness (QED) is 0.0871. The Hall–Kier alpha value is -3.69. The molecule has 0 N–H and O–H groups in total. The minimum Gasteiger partial charge on any atom is -0.463 e. The summed E-state index contributed by atoms with van der Waals surface area (Å²) in [4.78, 5) is 28.6. The third-order valence-electron chi connectivity index (χ3n) is 11.4. The van der Waals surface area contributed by atoms with Gasteiger partial charge in [0.15, 0.2) is 5.11 Å². The molecule has 4 saturated carbocycles. The highest BCUT2D eigenvalue weighted by Crippen LogP contribution is 2.61. The highest BCUT2D eigenvalue weighted by Gasteiger charge is 2.52. The van der Waals surface area contributed by atoms with Gasteiger partial charge >= 0.3 is 12.1 Å². The number of hydrogen-bond donors (Lipinski definition) is 0. The molecule has 306 valence electrons. The van der Waals surface area contributed by atoms with E-state index in [0.717, 1.165) is 34.8 Å². The molecule has 2 heterocycles. The maximum atomic E-state index is 13.6. The van der Waals surface area contributed by atoms with Gasteiger partial charge in [-0.3, -0.25) is 19.2 Å². The number of anilines is 1. The molecule has 1 saturated heterocycles. The number of benzene rings is 1. The summed E-state index contributed by atoms with van der Waals surface area (Å²) in [6, 6.07) is 4.67. The summed E-state index contributed by atoms with van der Waals surface area (Å²) in [5.41, 5.74) is -1.98. The molecule has 56 heavy (non-hydrogen) atoms. The van der Waals surface area contributed by atoms with Gasteiger partial charge in [-0.15, -0.1) is 5.10 Å². The molecule has 7 rings (SSSR count). The van der Waals surface area contributed by atoms with Gasteiger partial charge in [0, 0.05) is 13.1 Å². The molecule has 5 aliphatic rings. The van der Waals surface area contributed by atoms with E-state index in [-0.39, 0.29) is 35.4 Å². The number of thiocarbonyl (C=S) groups is 1. The number of ether oxygens (including phenoxy) is 5. The Labute approximate surface area is 330 Å². The van der Waals surface area contributed by atoms with Crippen molar-refractivity contribution in [3.05, 3.63) is 41.2 Å². The van der Waals surface area contributed by atoms with E-state index in [1.165, 1.54) is 44.6 Å². The second-order valence-electron chi connectivity index (χ2n) is 16.0. The van der Waals surface area contributed by atoms with Gasteiger partial charge < -0.3 is 28.6 Å². The lowest BCUT2D eigenvalue weighted by Gasteiger charge is -2.56. The second-order valence-corrected chi connectivity index (χ2v) is 16.4. The number of carbonyl (C=O) groups excluding carboxylic acids is 2. The van der Waals surface area contributed by atoms with E-state index in [2.05, 4.69) is 10.3 Å². The first kappa shape index (κ1) is 41.9. The molecule has 0 unspecified atom stereocenters. The van der Waals surface area contributed by atoms with Gasteiger partial charge in [0.1, 0.15) is 17.8 Å². The number of aryl methyl sites for hydroxylation is 1. The number of nitriles is 1. The van der Waals surface area contributed by atoms with Crippen LogP contribution in [-0.4, -0.2) is 102 Å². The molecule has 5 fully saturated rings. The molecular formula is C39H51F3N6O7S. The molecule has 4 aliphatic carbocycles. The van der Waals surface area contributed by atoms with E-state index in [9.17, 15) is 22.8 Å². The van der Waals surface area contributed by atoms with Crippen molar-refractivity contribution in [2.24, 2.45) is 23.2 Å². The topological polar surface area (TPSA) is 141 Å². The molecule has 17 heteroatoms. The fourth-order valence-electron chi connectivity index (χ4n) is 9.26. The van der Waals surface area contributed by atoms with Gasteiger partial charge in [-0.05, 0) is 112 Å². The first-order valence-electron chi connectivity index (χ1n) is 19.4. The minimum atomic E-state index is -4.77. The summed E-state index contributed by atoms with van der Waals surface area (Å²) < 4.78 is 70.2. The number of nitrogens with zero attached hydrogens (tertiary/aromatic N) is 6. The molecule has 1 aliphatic heterocycles. The largest absolute Gasteiger partial charge is 0.463 e. The zero-order chi connectivity index (χ0) is 39.9. The van der Waals surface area contributed by atoms with E-state index in [1.54, 1.807) is 35.7 Å². The molecule has 1 aromatic heterocycles. The average Bonchev–Trinajstić information content (AvgIpc) is 3.65. The van der Waals surface area contributed by atoms with Gasteiger partial charge in [-0.25, -0.2) is 0 Å². The summed E-state index contributed by atoms with van der Waals surface area (Å²) in [5, 5.41) is 17.5. The molecular weight excluding hydrogens is 754 g/mol. The van der Waals surface area contributed by atoms with Gasteiger partial charge in [0.05, 0.1) is 88.4 Å². The van der Waals surface area contributed by atoms with E-state index < -0.39 is 28.7 Å². The maximum absolute atomic E-state index is 13.6. The summed E-state index contributed by atoms with van der Waals surface area (Å²) >= 11 is 5.56. The summed E-state index contributed by atoms with van der Waals surface area (Å²) in [6.07, 6.45) is 5.76. The SMILES string of the molecule is CC1(C)C(=O)N(c2ccc(C#N)c(C(F)(F)F)c2)C(=S)N1CCCn1cc(COCCOCCOCCOCCOC(=O)CC23CC4CC(CC(C4)C2)C3)nn1. The van der Waals surface area contributed by atoms with Crippen molar-refractivity contribution in [1.82, 2.24) is 19.9 Å². The van der Waals surface area contributed by atoms with Crippen LogP contribution in [0.1, 0.15) is 82.0 Å². The van der Waals surface area contributed by atoms with Crippen LogP contribution in [0.25, 0.3) is 0 Å². The highest BCUT2D eigenvalue weighted by molar-refractivity contribution is 7.80. The molecule has 0 radical (unpaired) electrons. The van der Waals surface area contributed by atoms with Crippen LogP contribution in [0.2, 0.25) is 0 Å².